The molecule has 0 fully saturated rings. The highest BCUT2D eigenvalue weighted by Gasteiger charge is 2.07. The molecule has 1 N–H and O–H groups in total. The van der Waals surface area contributed by atoms with Crippen LogP contribution in [-0.2, 0) is 4.79 Å². The molecule has 15 heavy (non-hydrogen) atoms. The van der Waals surface area contributed by atoms with Gasteiger partial charge in [-0.15, -0.1) is 0 Å². The number of alkyl halides is 1. The minimum atomic E-state index is -0.0154. The van der Waals surface area contributed by atoms with Crippen molar-refractivity contribution >= 4 is 21.8 Å². The maximum Gasteiger partial charge on any atom is 0.231 e. The van der Waals surface area contributed by atoms with Gasteiger partial charge in [-0.2, -0.15) is 0 Å². The molecule has 0 radical (unpaired) electrons. The van der Waals surface area contributed by atoms with Crippen molar-refractivity contribution in [2.75, 3.05) is 12.4 Å². The Morgan fingerprint density at radius 3 is 2.53 bits per heavy atom. The quantitative estimate of drug-likeness (QED) is 0.854. The van der Waals surface area contributed by atoms with Crippen LogP contribution < -0.4 is 10.1 Å². The van der Waals surface area contributed by atoms with Gasteiger partial charge in [0.2, 0.25) is 5.91 Å². The molecule has 4 heteroatoms. The molecule has 3 nitrogen and oxygen atoms in total. The maximum atomic E-state index is 11.1. The molecule has 1 rings (SSSR count). The van der Waals surface area contributed by atoms with Crippen molar-refractivity contribution in [3.8, 4) is 5.75 Å². The molecule has 0 bridgehead atoms. The topological polar surface area (TPSA) is 38.3 Å². The minimum Gasteiger partial charge on any atom is -0.497 e. The second kappa shape index (κ2) is 5.75. The Kier molecular flexibility index (Phi) is 4.62. The Morgan fingerprint density at radius 2 is 2.07 bits per heavy atom. The molecule has 0 saturated heterocycles. The molecule has 0 aliphatic rings. The van der Waals surface area contributed by atoms with Crippen molar-refractivity contribution in [1.29, 1.82) is 0 Å². The predicted octanol–water partition coefficient (Wildman–Crippen LogP) is 2.27. The summed E-state index contributed by atoms with van der Waals surface area (Å²) in [7, 11) is 1.63. The van der Waals surface area contributed by atoms with Crippen LogP contribution in [0.3, 0.4) is 0 Å². The molecule has 0 heterocycles. The number of rotatable bonds is 4. The van der Waals surface area contributed by atoms with Gasteiger partial charge < -0.3 is 10.1 Å². The van der Waals surface area contributed by atoms with Crippen LogP contribution in [0.5, 0.6) is 5.75 Å². The second-order valence-electron chi connectivity index (χ2n) is 3.20. The van der Waals surface area contributed by atoms with E-state index in [-0.39, 0.29) is 11.9 Å². The monoisotopic (exact) mass is 271 g/mol. The Labute approximate surface area is 97.9 Å². The van der Waals surface area contributed by atoms with Crippen molar-refractivity contribution in [3.05, 3.63) is 29.8 Å². The van der Waals surface area contributed by atoms with Gasteiger partial charge in [-0.1, -0.05) is 28.1 Å². The predicted molar refractivity (Wildman–Crippen MR) is 63.3 cm³/mol. The number of methoxy groups -OCH3 is 1. The van der Waals surface area contributed by atoms with Gasteiger partial charge in [0.15, 0.2) is 0 Å². The second-order valence-corrected chi connectivity index (χ2v) is 3.76. The molecule has 82 valence electrons. The average molecular weight is 272 g/mol. The zero-order valence-electron chi connectivity index (χ0n) is 8.79. The highest BCUT2D eigenvalue weighted by Crippen LogP contribution is 2.17. The lowest BCUT2D eigenvalue weighted by atomic mass is 10.1. The summed E-state index contributed by atoms with van der Waals surface area (Å²) >= 11 is 3.11. The van der Waals surface area contributed by atoms with E-state index < -0.39 is 0 Å². The fraction of sp³-hybridized carbons (Fsp3) is 0.364. The zero-order valence-corrected chi connectivity index (χ0v) is 10.4. The lowest BCUT2D eigenvalue weighted by Gasteiger charge is -2.13. The highest BCUT2D eigenvalue weighted by molar-refractivity contribution is 9.09. The average Bonchev–Trinajstić information content (AvgIpc) is 2.29. The molecular formula is C11H14BrNO2. The standard InChI is InChI=1S/C11H14BrNO2/c1-8(13-11(14)7-12)9-3-5-10(15-2)6-4-9/h3-6,8H,7H2,1-2H3,(H,13,14). The van der Waals surface area contributed by atoms with Crippen LogP contribution in [0.2, 0.25) is 0 Å². The van der Waals surface area contributed by atoms with Gasteiger partial charge in [-0.25, -0.2) is 0 Å². The number of hydrogen-bond acceptors (Lipinski definition) is 2. The third-order valence-electron chi connectivity index (χ3n) is 2.11. The van der Waals surface area contributed by atoms with Gasteiger partial charge in [0.05, 0.1) is 18.5 Å². The molecule has 1 aromatic carbocycles. The Bertz CT molecular complexity index is 324. The number of carbonyl (C=O) groups is 1. The number of halogens is 1. The van der Waals surface area contributed by atoms with Gasteiger partial charge in [-0.3, -0.25) is 4.79 Å². The van der Waals surface area contributed by atoms with E-state index in [1.54, 1.807) is 7.11 Å². The van der Waals surface area contributed by atoms with Crippen LogP contribution in [-0.4, -0.2) is 18.3 Å². The molecule has 1 unspecified atom stereocenters. The largest absolute Gasteiger partial charge is 0.497 e. The van der Waals surface area contributed by atoms with Crippen LogP contribution in [0.4, 0.5) is 0 Å². The van der Waals surface area contributed by atoms with Gasteiger partial charge in [0.1, 0.15) is 5.75 Å². The normalized spacial score (nSPS) is 11.9. The molecular weight excluding hydrogens is 258 g/mol. The first-order valence-electron chi connectivity index (χ1n) is 4.66. The van der Waals surface area contributed by atoms with Crippen LogP contribution in [0.15, 0.2) is 24.3 Å². The minimum absolute atomic E-state index is 0.0148. The zero-order chi connectivity index (χ0) is 11.3. The Morgan fingerprint density at radius 1 is 1.47 bits per heavy atom. The smallest absolute Gasteiger partial charge is 0.231 e. The van der Waals surface area contributed by atoms with Gasteiger partial charge >= 0.3 is 0 Å². The number of nitrogens with one attached hydrogen (secondary N) is 1. The van der Waals surface area contributed by atoms with E-state index in [0.29, 0.717) is 5.33 Å². The lowest BCUT2D eigenvalue weighted by Crippen LogP contribution is -2.27. The van der Waals surface area contributed by atoms with E-state index in [1.807, 2.05) is 31.2 Å². The van der Waals surface area contributed by atoms with Crippen molar-refractivity contribution in [2.45, 2.75) is 13.0 Å². The van der Waals surface area contributed by atoms with E-state index in [9.17, 15) is 4.79 Å². The molecule has 0 aromatic heterocycles. The Hall–Kier alpha value is -1.03. The Balaban J connectivity index is 2.65. The summed E-state index contributed by atoms with van der Waals surface area (Å²) in [5.41, 5.74) is 1.06. The fourth-order valence-electron chi connectivity index (χ4n) is 1.26. The molecule has 0 aliphatic carbocycles. The van der Waals surface area contributed by atoms with E-state index in [0.717, 1.165) is 11.3 Å². The van der Waals surface area contributed by atoms with Crippen molar-refractivity contribution in [3.63, 3.8) is 0 Å². The van der Waals surface area contributed by atoms with Gasteiger partial charge in [-0.05, 0) is 24.6 Å². The number of benzene rings is 1. The van der Waals surface area contributed by atoms with E-state index in [2.05, 4.69) is 21.2 Å². The molecule has 0 aliphatic heterocycles. The lowest BCUT2D eigenvalue weighted by molar-refractivity contribution is -0.119. The third kappa shape index (κ3) is 3.55. The van der Waals surface area contributed by atoms with Crippen LogP contribution >= 0.6 is 15.9 Å². The van der Waals surface area contributed by atoms with Gasteiger partial charge in [0, 0.05) is 0 Å². The first-order valence-corrected chi connectivity index (χ1v) is 5.78. The molecule has 1 atom stereocenters. The summed E-state index contributed by atoms with van der Waals surface area (Å²) in [5, 5.41) is 3.18. The number of amides is 1. The number of hydrogen-bond donors (Lipinski definition) is 1. The SMILES string of the molecule is COc1ccc(C(C)NC(=O)CBr)cc1. The number of carbonyl (C=O) groups excluding carboxylic acids is 1. The third-order valence-corrected chi connectivity index (χ3v) is 2.62. The molecule has 0 saturated carbocycles. The highest BCUT2D eigenvalue weighted by atomic mass is 79.9. The summed E-state index contributed by atoms with van der Waals surface area (Å²) in [4.78, 5) is 11.1. The summed E-state index contributed by atoms with van der Waals surface area (Å²) in [5.74, 6) is 0.802. The molecule has 1 amide bonds. The van der Waals surface area contributed by atoms with E-state index in [1.165, 1.54) is 0 Å². The van der Waals surface area contributed by atoms with Crippen LogP contribution in [0.25, 0.3) is 0 Å². The van der Waals surface area contributed by atoms with Crippen molar-refractivity contribution < 1.29 is 9.53 Å². The molecule has 1 aromatic rings. The molecule has 0 spiro atoms. The van der Waals surface area contributed by atoms with Crippen molar-refractivity contribution in [2.24, 2.45) is 0 Å². The van der Waals surface area contributed by atoms with Crippen LogP contribution in [0.1, 0.15) is 18.5 Å². The summed E-state index contributed by atoms with van der Waals surface area (Å²) in [6.45, 7) is 1.95. The summed E-state index contributed by atoms with van der Waals surface area (Å²) in [6, 6.07) is 7.66. The van der Waals surface area contributed by atoms with Crippen LogP contribution in [0, 0.1) is 0 Å². The summed E-state index contributed by atoms with van der Waals surface area (Å²) < 4.78 is 5.06. The first kappa shape index (κ1) is 12.0. The summed E-state index contributed by atoms with van der Waals surface area (Å²) in [6.07, 6.45) is 0. The van der Waals surface area contributed by atoms with Gasteiger partial charge in [0.25, 0.3) is 0 Å². The maximum absolute atomic E-state index is 11.1. The number of ether oxygens (including phenoxy) is 1. The van der Waals surface area contributed by atoms with Crippen molar-refractivity contribution in [1.82, 2.24) is 5.32 Å². The first-order chi connectivity index (χ1) is 7.17. The van der Waals surface area contributed by atoms with E-state index in [4.69, 9.17) is 4.74 Å². The van der Waals surface area contributed by atoms with E-state index >= 15 is 0 Å². The fourth-order valence-corrected chi connectivity index (χ4v) is 1.42.